The van der Waals surface area contributed by atoms with E-state index in [1.165, 1.54) is 11.3 Å². The number of nitrogens with zero attached hydrogens (tertiary/aromatic N) is 2. The van der Waals surface area contributed by atoms with Crippen molar-refractivity contribution in [1.29, 1.82) is 0 Å². The Balaban J connectivity index is 1.34. The third-order valence-electron chi connectivity index (χ3n) is 5.14. The molecule has 2 aromatic heterocycles. The summed E-state index contributed by atoms with van der Waals surface area (Å²) in [5, 5.41) is 5.85. The van der Waals surface area contributed by atoms with E-state index in [0.29, 0.717) is 29.2 Å². The van der Waals surface area contributed by atoms with Gasteiger partial charge in [-0.25, -0.2) is 13.4 Å². The van der Waals surface area contributed by atoms with E-state index in [-0.39, 0.29) is 11.2 Å². The summed E-state index contributed by atoms with van der Waals surface area (Å²) in [7, 11) is -3.34. The van der Waals surface area contributed by atoms with E-state index in [4.69, 9.17) is 0 Å². The standard InChI is InChI=1S/C19H18N4O3S2/c24-17(13-9-12-3-1-2-4-15(12)20-10-13)22-19(7-8-19)16-11-27-18(21-16)23-28(25,26)14-5-6-14/h1-4,9-11,14H,5-8H2,(H,21,23)(H,22,24). The molecule has 144 valence electrons. The number of carbonyl (C=O) groups excluding carboxylic acids is 1. The lowest BCUT2D eigenvalue weighted by atomic mass is 10.1. The molecule has 2 N–H and O–H groups in total. The van der Waals surface area contributed by atoms with Crippen LogP contribution in [-0.2, 0) is 15.6 Å². The summed E-state index contributed by atoms with van der Waals surface area (Å²) in [5.74, 6) is -0.205. The zero-order chi connectivity index (χ0) is 19.4. The predicted molar refractivity (Wildman–Crippen MR) is 108 cm³/mol. The lowest BCUT2D eigenvalue weighted by Crippen LogP contribution is -2.35. The van der Waals surface area contributed by atoms with E-state index >= 15 is 0 Å². The zero-order valence-electron chi connectivity index (χ0n) is 14.9. The first kappa shape index (κ1) is 17.6. The van der Waals surface area contributed by atoms with Crippen LogP contribution < -0.4 is 10.0 Å². The van der Waals surface area contributed by atoms with Crippen LogP contribution in [0.15, 0.2) is 41.9 Å². The minimum atomic E-state index is -3.34. The summed E-state index contributed by atoms with van der Waals surface area (Å²) in [6, 6.07) is 9.46. The van der Waals surface area contributed by atoms with Crippen molar-refractivity contribution in [1.82, 2.24) is 15.3 Å². The molecule has 1 aromatic carbocycles. The number of anilines is 1. The van der Waals surface area contributed by atoms with Crippen LogP contribution in [0.5, 0.6) is 0 Å². The van der Waals surface area contributed by atoms with Crippen LogP contribution in [0.4, 0.5) is 5.13 Å². The molecular weight excluding hydrogens is 396 g/mol. The van der Waals surface area contributed by atoms with E-state index in [0.717, 1.165) is 23.7 Å². The van der Waals surface area contributed by atoms with Crippen LogP contribution >= 0.6 is 11.3 Å². The average molecular weight is 415 g/mol. The zero-order valence-corrected chi connectivity index (χ0v) is 16.5. The first-order chi connectivity index (χ1) is 13.5. The van der Waals surface area contributed by atoms with Gasteiger partial charge in [0.05, 0.1) is 27.6 Å². The van der Waals surface area contributed by atoms with Crippen molar-refractivity contribution in [2.75, 3.05) is 4.72 Å². The quantitative estimate of drug-likeness (QED) is 0.646. The van der Waals surface area contributed by atoms with E-state index in [1.54, 1.807) is 6.20 Å². The number of pyridine rings is 1. The molecule has 0 saturated heterocycles. The van der Waals surface area contributed by atoms with Crippen LogP contribution in [-0.4, -0.2) is 29.5 Å². The van der Waals surface area contributed by atoms with Gasteiger partial charge < -0.3 is 5.32 Å². The van der Waals surface area contributed by atoms with Gasteiger partial charge in [-0.15, -0.1) is 11.3 Å². The Morgan fingerprint density at radius 3 is 2.75 bits per heavy atom. The molecule has 0 spiro atoms. The minimum Gasteiger partial charge on any atom is -0.341 e. The summed E-state index contributed by atoms with van der Waals surface area (Å²) >= 11 is 1.25. The van der Waals surface area contributed by atoms with Gasteiger partial charge in [0, 0.05) is 17.0 Å². The van der Waals surface area contributed by atoms with Gasteiger partial charge in [-0.3, -0.25) is 14.5 Å². The molecule has 2 aliphatic carbocycles. The SMILES string of the molecule is O=C(NC1(c2csc(NS(=O)(=O)C3CC3)n2)CC1)c1cnc2ccccc2c1. The maximum Gasteiger partial charge on any atom is 0.253 e. The average Bonchev–Trinajstić information content (AvgIpc) is 3.61. The molecule has 0 aliphatic heterocycles. The number of nitrogens with one attached hydrogen (secondary N) is 2. The van der Waals surface area contributed by atoms with Crippen LogP contribution in [0.2, 0.25) is 0 Å². The first-order valence-electron chi connectivity index (χ1n) is 9.10. The number of carbonyl (C=O) groups is 1. The maximum absolute atomic E-state index is 12.8. The Labute approximate surface area is 166 Å². The number of hydrogen-bond acceptors (Lipinski definition) is 6. The summed E-state index contributed by atoms with van der Waals surface area (Å²) in [6.45, 7) is 0. The minimum absolute atomic E-state index is 0.205. The molecule has 0 radical (unpaired) electrons. The van der Waals surface area contributed by atoms with Gasteiger partial charge in [-0.05, 0) is 37.8 Å². The van der Waals surface area contributed by atoms with E-state index in [1.807, 2.05) is 35.7 Å². The van der Waals surface area contributed by atoms with E-state index in [9.17, 15) is 13.2 Å². The maximum atomic E-state index is 12.8. The normalized spacial score (nSPS) is 18.0. The molecule has 0 bridgehead atoms. The molecule has 7 nitrogen and oxygen atoms in total. The number of thiazole rings is 1. The van der Waals surface area contributed by atoms with Crippen molar-refractivity contribution in [2.45, 2.75) is 36.5 Å². The fourth-order valence-electron chi connectivity index (χ4n) is 3.18. The summed E-state index contributed by atoms with van der Waals surface area (Å²) < 4.78 is 26.7. The molecule has 28 heavy (non-hydrogen) atoms. The Kier molecular flexibility index (Phi) is 3.92. The highest BCUT2D eigenvalue weighted by Gasteiger charge is 2.48. The fraction of sp³-hybridized carbons (Fsp3) is 0.316. The molecule has 5 rings (SSSR count). The second kappa shape index (κ2) is 6.25. The van der Waals surface area contributed by atoms with Crippen molar-refractivity contribution in [2.24, 2.45) is 0 Å². The molecular formula is C19H18N4O3S2. The van der Waals surface area contributed by atoms with E-state index in [2.05, 4.69) is 20.0 Å². The monoisotopic (exact) mass is 414 g/mol. The number of para-hydroxylation sites is 1. The van der Waals surface area contributed by atoms with Gasteiger partial charge in [0.15, 0.2) is 5.13 Å². The number of fused-ring (bicyclic) bond motifs is 1. The van der Waals surface area contributed by atoms with Crippen molar-refractivity contribution in [3.05, 3.63) is 53.2 Å². The number of amides is 1. The topological polar surface area (TPSA) is 101 Å². The van der Waals surface area contributed by atoms with Gasteiger partial charge in [-0.1, -0.05) is 18.2 Å². The van der Waals surface area contributed by atoms with Gasteiger partial charge in [0.25, 0.3) is 5.91 Å². The lowest BCUT2D eigenvalue weighted by Gasteiger charge is -2.15. The van der Waals surface area contributed by atoms with Gasteiger partial charge in [-0.2, -0.15) is 0 Å². The predicted octanol–water partition coefficient (Wildman–Crippen LogP) is 3.01. The molecule has 2 aliphatic rings. The van der Waals surface area contributed by atoms with Crippen molar-refractivity contribution in [3.63, 3.8) is 0 Å². The second-order valence-corrected chi connectivity index (χ2v) is 10.2. The van der Waals surface area contributed by atoms with Crippen molar-refractivity contribution in [3.8, 4) is 0 Å². The summed E-state index contributed by atoms with van der Waals surface area (Å²) in [4.78, 5) is 21.5. The molecule has 0 unspecified atom stereocenters. The lowest BCUT2D eigenvalue weighted by molar-refractivity contribution is 0.0929. The molecule has 2 fully saturated rings. The number of aromatic nitrogens is 2. The molecule has 2 saturated carbocycles. The Bertz CT molecular complexity index is 1180. The number of benzene rings is 1. The van der Waals surface area contributed by atoms with Crippen LogP contribution in [0, 0.1) is 0 Å². The highest BCUT2D eigenvalue weighted by Crippen LogP contribution is 2.46. The van der Waals surface area contributed by atoms with Gasteiger partial charge >= 0.3 is 0 Å². The number of hydrogen-bond donors (Lipinski definition) is 2. The second-order valence-electron chi connectivity index (χ2n) is 7.34. The summed E-state index contributed by atoms with van der Waals surface area (Å²) in [5.41, 5.74) is 1.51. The Hall–Kier alpha value is -2.52. The largest absolute Gasteiger partial charge is 0.341 e. The fourth-order valence-corrected chi connectivity index (χ4v) is 5.58. The first-order valence-corrected chi connectivity index (χ1v) is 11.5. The smallest absolute Gasteiger partial charge is 0.253 e. The van der Waals surface area contributed by atoms with Crippen LogP contribution in [0.3, 0.4) is 0 Å². The summed E-state index contributed by atoms with van der Waals surface area (Å²) in [6.07, 6.45) is 4.53. The number of rotatable bonds is 6. The third-order valence-corrected chi connectivity index (χ3v) is 7.86. The Morgan fingerprint density at radius 2 is 2.00 bits per heavy atom. The van der Waals surface area contributed by atoms with Crippen molar-refractivity contribution >= 4 is 43.3 Å². The molecule has 9 heteroatoms. The van der Waals surface area contributed by atoms with E-state index < -0.39 is 15.6 Å². The molecule has 3 aromatic rings. The van der Waals surface area contributed by atoms with Gasteiger partial charge in [0.1, 0.15) is 0 Å². The van der Waals surface area contributed by atoms with Crippen molar-refractivity contribution < 1.29 is 13.2 Å². The van der Waals surface area contributed by atoms with Gasteiger partial charge in [0.2, 0.25) is 10.0 Å². The molecule has 1 amide bonds. The van der Waals surface area contributed by atoms with Crippen LogP contribution in [0.25, 0.3) is 10.9 Å². The number of sulfonamides is 1. The Morgan fingerprint density at radius 1 is 1.21 bits per heavy atom. The third kappa shape index (κ3) is 3.24. The molecule has 0 atom stereocenters. The molecule has 2 heterocycles. The highest BCUT2D eigenvalue weighted by atomic mass is 32.2. The highest BCUT2D eigenvalue weighted by molar-refractivity contribution is 7.93. The van der Waals surface area contributed by atoms with Crippen LogP contribution in [0.1, 0.15) is 41.7 Å².